The molecule has 0 atom stereocenters. The second-order valence-corrected chi connectivity index (χ2v) is 3.46. The number of nitrogens with two attached hydrogens (primary N) is 1. The van der Waals surface area contributed by atoms with E-state index in [1.165, 1.54) is 0 Å². The SMILES string of the molecule is CCCN(CC)C(=O)c1cc(NN)ccn1. The molecule has 0 spiro atoms. The molecule has 1 amide bonds. The van der Waals surface area contributed by atoms with Crippen LogP contribution < -0.4 is 11.3 Å². The highest BCUT2D eigenvalue weighted by Gasteiger charge is 2.14. The number of hydrogen-bond donors (Lipinski definition) is 2. The quantitative estimate of drug-likeness (QED) is 0.581. The molecule has 1 aromatic rings. The highest BCUT2D eigenvalue weighted by molar-refractivity contribution is 5.93. The van der Waals surface area contributed by atoms with Gasteiger partial charge in [0.25, 0.3) is 5.91 Å². The van der Waals surface area contributed by atoms with Crippen LogP contribution in [-0.4, -0.2) is 28.9 Å². The first-order valence-electron chi connectivity index (χ1n) is 5.44. The number of carbonyl (C=O) groups is 1. The molecule has 0 unspecified atom stereocenters. The first-order valence-corrected chi connectivity index (χ1v) is 5.44. The maximum atomic E-state index is 12.0. The molecular formula is C11H18N4O. The summed E-state index contributed by atoms with van der Waals surface area (Å²) >= 11 is 0. The molecule has 0 aromatic carbocycles. The number of nitrogen functional groups attached to an aromatic ring is 1. The standard InChI is InChI=1S/C11H18N4O/c1-3-7-15(4-2)11(16)10-8-9(14-12)5-6-13-10/h5-6,8H,3-4,7,12H2,1-2H3,(H,13,14). The molecule has 0 radical (unpaired) electrons. The molecular weight excluding hydrogens is 204 g/mol. The van der Waals surface area contributed by atoms with Crippen molar-refractivity contribution in [2.24, 2.45) is 5.84 Å². The minimum absolute atomic E-state index is 0.0542. The fourth-order valence-electron chi connectivity index (χ4n) is 1.47. The molecule has 0 aliphatic heterocycles. The van der Waals surface area contributed by atoms with Crippen molar-refractivity contribution in [1.82, 2.24) is 9.88 Å². The van der Waals surface area contributed by atoms with Crippen molar-refractivity contribution in [3.8, 4) is 0 Å². The summed E-state index contributed by atoms with van der Waals surface area (Å²) in [4.78, 5) is 17.8. The van der Waals surface area contributed by atoms with Crippen LogP contribution in [0.15, 0.2) is 18.3 Å². The summed E-state index contributed by atoms with van der Waals surface area (Å²) in [5.74, 6) is 5.23. The smallest absolute Gasteiger partial charge is 0.272 e. The lowest BCUT2D eigenvalue weighted by Crippen LogP contribution is -2.32. The largest absolute Gasteiger partial charge is 0.338 e. The first kappa shape index (κ1) is 12.4. The Bertz CT molecular complexity index is 354. The van der Waals surface area contributed by atoms with Crippen LogP contribution in [0.3, 0.4) is 0 Å². The summed E-state index contributed by atoms with van der Waals surface area (Å²) in [7, 11) is 0. The summed E-state index contributed by atoms with van der Waals surface area (Å²) in [5.41, 5.74) is 3.61. The van der Waals surface area contributed by atoms with Gasteiger partial charge in [-0.3, -0.25) is 15.6 Å². The lowest BCUT2D eigenvalue weighted by atomic mass is 10.2. The van der Waals surface area contributed by atoms with Crippen LogP contribution in [0.5, 0.6) is 0 Å². The predicted octanol–water partition coefficient (Wildman–Crippen LogP) is 1.24. The maximum Gasteiger partial charge on any atom is 0.272 e. The van der Waals surface area contributed by atoms with E-state index < -0.39 is 0 Å². The van der Waals surface area contributed by atoms with Crippen LogP contribution in [0.4, 0.5) is 5.69 Å². The topological polar surface area (TPSA) is 71.2 Å². The molecule has 16 heavy (non-hydrogen) atoms. The Morgan fingerprint density at radius 1 is 1.56 bits per heavy atom. The Morgan fingerprint density at radius 3 is 2.88 bits per heavy atom. The lowest BCUT2D eigenvalue weighted by molar-refractivity contribution is 0.0758. The molecule has 0 aliphatic carbocycles. The fraction of sp³-hybridized carbons (Fsp3) is 0.455. The minimum Gasteiger partial charge on any atom is -0.338 e. The number of nitrogens with zero attached hydrogens (tertiary/aromatic N) is 2. The van der Waals surface area contributed by atoms with Crippen molar-refractivity contribution >= 4 is 11.6 Å². The molecule has 0 saturated heterocycles. The van der Waals surface area contributed by atoms with Crippen molar-refractivity contribution in [3.63, 3.8) is 0 Å². The van der Waals surface area contributed by atoms with Crippen molar-refractivity contribution in [1.29, 1.82) is 0 Å². The van der Waals surface area contributed by atoms with Gasteiger partial charge in [0.15, 0.2) is 0 Å². The number of anilines is 1. The van der Waals surface area contributed by atoms with E-state index in [1.807, 2.05) is 13.8 Å². The van der Waals surface area contributed by atoms with Gasteiger partial charge >= 0.3 is 0 Å². The van der Waals surface area contributed by atoms with Crippen molar-refractivity contribution in [2.75, 3.05) is 18.5 Å². The Kier molecular flexibility index (Phi) is 4.72. The van der Waals surface area contributed by atoms with E-state index in [9.17, 15) is 4.79 Å². The van der Waals surface area contributed by atoms with Gasteiger partial charge < -0.3 is 10.3 Å². The number of hydrogen-bond acceptors (Lipinski definition) is 4. The maximum absolute atomic E-state index is 12.0. The molecule has 0 saturated carbocycles. The average Bonchev–Trinajstić information content (AvgIpc) is 2.35. The van der Waals surface area contributed by atoms with Crippen LogP contribution >= 0.6 is 0 Å². The Labute approximate surface area is 95.6 Å². The number of rotatable bonds is 5. The van der Waals surface area contributed by atoms with Gasteiger partial charge in [0.1, 0.15) is 5.69 Å². The molecule has 1 heterocycles. The number of nitrogens with one attached hydrogen (secondary N) is 1. The van der Waals surface area contributed by atoms with Gasteiger partial charge in [-0.2, -0.15) is 0 Å². The van der Waals surface area contributed by atoms with Gasteiger partial charge in [0.05, 0.1) is 5.69 Å². The number of hydrazine groups is 1. The van der Waals surface area contributed by atoms with Gasteiger partial charge in [0, 0.05) is 19.3 Å². The Morgan fingerprint density at radius 2 is 2.31 bits per heavy atom. The van der Waals surface area contributed by atoms with Crippen LogP contribution in [0.25, 0.3) is 0 Å². The van der Waals surface area contributed by atoms with Crippen molar-refractivity contribution in [3.05, 3.63) is 24.0 Å². The lowest BCUT2D eigenvalue weighted by Gasteiger charge is -2.19. The third-order valence-corrected chi connectivity index (χ3v) is 2.31. The van der Waals surface area contributed by atoms with E-state index in [1.54, 1.807) is 23.2 Å². The van der Waals surface area contributed by atoms with E-state index in [0.717, 1.165) is 13.0 Å². The van der Waals surface area contributed by atoms with Gasteiger partial charge in [-0.05, 0) is 25.5 Å². The van der Waals surface area contributed by atoms with E-state index >= 15 is 0 Å². The van der Waals surface area contributed by atoms with Crippen LogP contribution in [0.1, 0.15) is 30.8 Å². The number of aromatic nitrogens is 1. The zero-order valence-corrected chi connectivity index (χ0v) is 9.73. The van der Waals surface area contributed by atoms with E-state index in [2.05, 4.69) is 10.4 Å². The molecule has 5 heteroatoms. The molecule has 3 N–H and O–H groups in total. The normalized spacial score (nSPS) is 9.94. The first-order chi connectivity index (χ1) is 7.72. The number of pyridine rings is 1. The Hall–Kier alpha value is -1.62. The van der Waals surface area contributed by atoms with E-state index in [4.69, 9.17) is 5.84 Å². The summed E-state index contributed by atoms with van der Waals surface area (Å²) in [5, 5.41) is 0. The van der Waals surface area contributed by atoms with Crippen LogP contribution in [-0.2, 0) is 0 Å². The summed E-state index contributed by atoms with van der Waals surface area (Å²) in [6, 6.07) is 3.37. The highest BCUT2D eigenvalue weighted by Crippen LogP contribution is 2.09. The third kappa shape index (κ3) is 2.93. The predicted molar refractivity (Wildman–Crippen MR) is 63.9 cm³/mol. The molecule has 1 rings (SSSR count). The van der Waals surface area contributed by atoms with Crippen LogP contribution in [0.2, 0.25) is 0 Å². The molecule has 1 aromatic heterocycles. The summed E-state index contributed by atoms with van der Waals surface area (Å²) in [6.45, 7) is 5.44. The second kappa shape index (κ2) is 6.07. The highest BCUT2D eigenvalue weighted by atomic mass is 16.2. The summed E-state index contributed by atoms with van der Waals surface area (Å²) in [6.07, 6.45) is 2.51. The zero-order chi connectivity index (χ0) is 12.0. The van der Waals surface area contributed by atoms with Crippen LogP contribution in [0, 0.1) is 0 Å². The van der Waals surface area contributed by atoms with Gasteiger partial charge in [-0.25, -0.2) is 0 Å². The zero-order valence-electron chi connectivity index (χ0n) is 9.73. The average molecular weight is 222 g/mol. The Balaban J connectivity index is 2.85. The van der Waals surface area contributed by atoms with Gasteiger partial charge in [0.2, 0.25) is 0 Å². The molecule has 0 bridgehead atoms. The molecule has 0 aliphatic rings. The number of carbonyl (C=O) groups excluding carboxylic acids is 1. The van der Waals surface area contributed by atoms with Crippen molar-refractivity contribution < 1.29 is 4.79 Å². The minimum atomic E-state index is -0.0542. The van der Waals surface area contributed by atoms with Gasteiger partial charge in [-0.15, -0.1) is 0 Å². The molecule has 0 fully saturated rings. The fourth-order valence-corrected chi connectivity index (χ4v) is 1.47. The van der Waals surface area contributed by atoms with E-state index in [-0.39, 0.29) is 5.91 Å². The summed E-state index contributed by atoms with van der Waals surface area (Å²) < 4.78 is 0. The number of amides is 1. The third-order valence-electron chi connectivity index (χ3n) is 2.31. The molecule has 88 valence electrons. The van der Waals surface area contributed by atoms with Gasteiger partial charge in [-0.1, -0.05) is 6.92 Å². The second-order valence-electron chi connectivity index (χ2n) is 3.46. The van der Waals surface area contributed by atoms with E-state index in [0.29, 0.717) is 17.9 Å². The molecule has 5 nitrogen and oxygen atoms in total. The monoisotopic (exact) mass is 222 g/mol. The van der Waals surface area contributed by atoms with Crippen molar-refractivity contribution in [2.45, 2.75) is 20.3 Å².